The average molecular weight is 355 g/mol. The van der Waals surface area contributed by atoms with Gasteiger partial charge in [-0.2, -0.15) is 0 Å². The van der Waals surface area contributed by atoms with Gasteiger partial charge in [0.2, 0.25) is 5.91 Å². The van der Waals surface area contributed by atoms with E-state index in [1.165, 1.54) is 6.20 Å². The van der Waals surface area contributed by atoms with E-state index in [0.717, 1.165) is 11.1 Å². The van der Waals surface area contributed by atoms with Gasteiger partial charge in [0.25, 0.3) is 5.91 Å². The Balaban J connectivity index is 1.69. The molecule has 2 heterocycles. The minimum Gasteiger partial charge on any atom is -0.376 e. The first-order valence-electron chi connectivity index (χ1n) is 8.34. The van der Waals surface area contributed by atoms with Gasteiger partial charge in [-0.15, -0.1) is 0 Å². The van der Waals surface area contributed by atoms with E-state index in [1.807, 2.05) is 12.1 Å². The highest BCUT2D eigenvalue weighted by Crippen LogP contribution is 2.20. The summed E-state index contributed by atoms with van der Waals surface area (Å²) in [4.78, 5) is 29.5. The van der Waals surface area contributed by atoms with Crippen molar-refractivity contribution in [3.05, 3.63) is 53.9 Å². The molecule has 0 bridgehead atoms. The standard InChI is InChI=1S/C19H21N3O4/c1-22(11-17-12-25-6-7-26-17)19(24)14-4-2-13(3-5-14)15-8-16(18(20)23)10-21-9-15/h2-5,8-10,17H,6-7,11-12H2,1H3,(H2,20,23)/t17-/m0/s1. The predicted octanol–water partition coefficient (Wildman–Crippen LogP) is 1.33. The first-order chi connectivity index (χ1) is 12.5. The average Bonchev–Trinajstić information content (AvgIpc) is 2.68. The first-order valence-corrected chi connectivity index (χ1v) is 8.34. The third-order valence-electron chi connectivity index (χ3n) is 4.20. The molecule has 1 atom stereocenters. The molecule has 7 heteroatoms. The molecule has 1 aliphatic rings. The molecule has 7 nitrogen and oxygen atoms in total. The lowest BCUT2D eigenvalue weighted by molar-refractivity contribution is -0.0933. The summed E-state index contributed by atoms with van der Waals surface area (Å²) in [5.74, 6) is -0.614. The van der Waals surface area contributed by atoms with Crippen molar-refractivity contribution in [3.63, 3.8) is 0 Å². The number of amides is 2. The minimum atomic E-state index is -0.526. The molecule has 1 fully saturated rings. The molecule has 3 rings (SSSR count). The number of hydrogen-bond donors (Lipinski definition) is 1. The van der Waals surface area contributed by atoms with Crippen molar-refractivity contribution in [1.29, 1.82) is 0 Å². The third-order valence-corrected chi connectivity index (χ3v) is 4.20. The van der Waals surface area contributed by atoms with Crippen molar-refractivity contribution in [1.82, 2.24) is 9.88 Å². The smallest absolute Gasteiger partial charge is 0.253 e. The molecule has 136 valence electrons. The van der Waals surface area contributed by atoms with E-state index in [2.05, 4.69) is 4.98 Å². The fraction of sp³-hybridized carbons (Fsp3) is 0.316. The highest BCUT2D eigenvalue weighted by molar-refractivity contribution is 5.95. The van der Waals surface area contributed by atoms with Gasteiger partial charge >= 0.3 is 0 Å². The molecule has 2 aromatic rings. The maximum Gasteiger partial charge on any atom is 0.253 e. The van der Waals surface area contributed by atoms with E-state index < -0.39 is 5.91 Å². The van der Waals surface area contributed by atoms with Gasteiger partial charge in [-0.25, -0.2) is 0 Å². The number of pyridine rings is 1. The van der Waals surface area contributed by atoms with Gasteiger partial charge in [0.15, 0.2) is 0 Å². The molecule has 0 spiro atoms. The van der Waals surface area contributed by atoms with E-state index in [9.17, 15) is 9.59 Å². The number of aromatic nitrogens is 1. The van der Waals surface area contributed by atoms with E-state index in [1.54, 1.807) is 36.3 Å². The number of nitrogens with zero attached hydrogens (tertiary/aromatic N) is 2. The quantitative estimate of drug-likeness (QED) is 0.873. The number of hydrogen-bond acceptors (Lipinski definition) is 5. The monoisotopic (exact) mass is 355 g/mol. The number of primary amides is 1. The number of carbonyl (C=O) groups excluding carboxylic acids is 2. The predicted molar refractivity (Wildman–Crippen MR) is 95.7 cm³/mol. The van der Waals surface area contributed by atoms with Gasteiger partial charge < -0.3 is 20.1 Å². The molecular weight excluding hydrogens is 334 g/mol. The van der Waals surface area contributed by atoms with Crippen LogP contribution in [0.4, 0.5) is 0 Å². The van der Waals surface area contributed by atoms with Crippen LogP contribution in [0.2, 0.25) is 0 Å². The van der Waals surface area contributed by atoms with Gasteiger partial charge in [0.1, 0.15) is 0 Å². The molecule has 0 aliphatic carbocycles. The molecule has 0 radical (unpaired) electrons. The molecule has 2 amide bonds. The van der Waals surface area contributed by atoms with Crippen LogP contribution in [0.5, 0.6) is 0 Å². The first kappa shape index (κ1) is 18.0. The highest BCUT2D eigenvalue weighted by atomic mass is 16.6. The third kappa shape index (κ3) is 4.25. The summed E-state index contributed by atoms with van der Waals surface area (Å²) in [6.45, 7) is 2.13. The van der Waals surface area contributed by atoms with Crippen molar-refractivity contribution in [3.8, 4) is 11.1 Å². The Morgan fingerprint density at radius 1 is 1.15 bits per heavy atom. The van der Waals surface area contributed by atoms with Crippen LogP contribution in [0.25, 0.3) is 11.1 Å². The summed E-state index contributed by atoms with van der Waals surface area (Å²) >= 11 is 0. The zero-order valence-electron chi connectivity index (χ0n) is 14.6. The Labute approximate surface area is 151 Å². The van der Waals surface area contributed by atoms with Crippen LogP contribution in [0.15, 0.2) is 42.7 Å². The molecule has 0 saturated carbocycles. The molecule has 1 aliphatic heterocycles. The number of likely N-dealkylation sites (N-methyl/N-ethyl adjacent to an activating group) is 1. The lowest BCUT2D eigenvalue weighted by Gasteiger charge is -2.27. The van der Waals surface area contributed by atoms with Crippen LogP contribution >= 0.6 is 0 Å². The van der Waals surface area contributed by atoms with Crippen LogP contribution in [-0.2, 0) is 9.47 Å². The summed E-state index contributed by atoms with van der Waals surface area (Å²) in [6, 6.07) is 8.83. The molecule has 1 saturated heterocycles. The number of rotatable bonds is 5. The normalized spacial score (nSPS) is 16.9. The van der Waals surface area contributed by atoms with Crippen LogP contribution in [-0.4, -0.2) is 61.2 Å². The lowest BCUT2D eigenvalue weighted by atomic mass is 10.0. The molecule has 1 aromatic heterocycles. The fourth-order valence-electron chi connectivity index (χ4n) is 2.79. The van der Waals surface area contributed by atoms with E-state index in [4.69, 9.17) is 15.2 Å². The number of carbonyl (C=O) groups is 2. The van der Waals surface area contributed by atoms with Crippen molar-refractivity contribution in [2.75, 3.05) is 33.4 Å². The largest absolute Gasteiger partial charge is 0.376 e. The number of benzene rings is 1. The van der Waals surface area contributed by atoms with Crippen molar-refractivity contribution in [2.45, 2.75) is 6.10 Å². The Kier molecular flexibility index (Phi) is 5.60. The van der Waals surface area contributed by atoms with Gasteiger partial charge in [-0.1, -0.05) is 12.1 Å². The van der Waals surface area contributed by atoms with Crippen LogP contribution in [0.1, 0.15) is 20.7 Å². The minimum absolute atomic E-state index is 0.0882. The summed E-state index contributed by atoms with van der Waals surface area (Å²) in [5.41, 5.74) is 7.82. The Morgan fingerprint density at radius 2 is 1.92 bits per heavy atom. The summed E-state index contributed by atoms with van der Waals surface area (Å²) in [7, 11) is 1.74. The fourth-order valence-corrected chi connectivity index (χ4v) is 2.79. The van der Waals surface area contributed by atoms with Crippen molar-refractivity contribution < 1.29 is 19.1 Å². The van der Waals surface area contributed by atoms with Gasteiger partial charge in [0.05, 0.1) is 31.5 Å². The summed E-state index contributed by atoms with van der Waals surface area (Å²) < 4.78 is 10.9. The second-order valence-electron chi connectivity index (χ2n) is 6.16. The maximum absolute atomic E-state index is 12.6. The lowest BCUT2D eigenvalue weighted by Crippen LogP contribution is -2.40. The maximum atomic E-state index is 12.6. The highest BCUT2D eigenvalue weighted by Gasteiger charge is 2.20. The van der Waals surface area contributed by atoms with E-state index in [0.29, 0.717) is 37.5 Å². The molecular formula is C19H21N3O4. The molecule has 1 aromatic carbocycles. The van der Waals surface area contributed by atoms with Crippen molar-refractivity contribution in [2.24, 2.45) is 5.73 Å². The molecule has 26 heavy (non-hydrogen) atoms. The Hall–Kier alpha value is -2.77. The Morgan fingerprint density at radius 3 is 2.58 bits per heavy atom. The summed E-state index contributed by atoms with van der Waals surface area (Å²) in [5, 5.41) is 0. The van der Waals surface area contributed by atoms with Gasteiger partial charge in [-0.3, -0.25) is 14.6 Å². The SMILES string of the molecule is CN(C[C@H]1COCCO1)C(=O)c1ccc(-c2cncc(C(N)=O)c2)cc1. The second-order valence-corrected chi connectivity index (χ2v) is 6.16. The Bertz CT molecular complexity index is 786. The van der Waals surface area contributed by atoms with Gasteiger partial charge in [0, 0.05) is 37.1 Å². The number of nitrogens with two attached hydrogens (primary N) is 1. The second kappa shape index (κ2) is 8.07. The van der Waals surface area contributed by atoms with Gasteiger partial charge in [-0.05, 0) is 23.8 Å². The van der Waals surface area contributed by atoms with Crippen LogP contribution < -0.4 is 5.73 Å². The van der Waals surface area contributed by atoms with Crippen molar-refractivity contribution >= 4 is 11.8 Å². The summed E-state index contributed by atoms with van der Waals surface area (Å²) in [6.07, 6.45) is 2.98. The topological polar surface area (TPSA) is 94.8 Å². The van der Waals surface area contributed by atoms with E-state index in [-0.39, 0.29) is 12.0 Å². The van der Waals surface area contributed by atoms with Crippen LogP contribution in [0.3, 0.4) is 0 Å². The van der Waals surface area contributed by atoms with E-state index >= 15 is 0 Å². The molecule has 0 unspecified atom stereocenters. The zero-order chi connectivity index (χ0) is 18.5. The number of ether oxygens (including phenoxy) is 2. The van der Waals surface area contributed by atoms with Crippen LogP contribution in [0, 0.1) is 0 Å². The zero-order valence-corrected chi connectivity index (χ0v) is 14.6. The molecule has 2 N–H and O–H groups in total.